The molecule has 2 nitrogen and oxygen atoms in total. The Morgan fingerprint density at radius 2 is 1.17 bits per heavy atom. The average Bonchev–Trinajstić information content (AvgIpc) is 3.67. The number of nitrogens with zero attached hydrogens (tertiary/aromatic N) is 2. The number of allylic oxidation sites excluding steroid dienone is 3. The first kappa shape index (κ1) is 30.5. The van der Waals surface area contributed by atoms with Gasteiger partial charge < -0.3 is 4.57 Å². The third-order valence-corrected chi connectivity index (χ3v) is 11.6. The lowest BCUT2D eigenvalue weighted by Crippen LogP contribution is -2.04. The first-order chi connectivity index (χ1) is 25.7. The van der Waals surface area contributed by atoms with E-state index < -0.39 is 0 Å². The van der Waals surface area contributed by atoms with Gasteiger partial charge in [-0.3, -0.25) is 4.99 Å². The number of rotatable bonds is 5. The van der Waals surface area contributed by atoms with Gasteiger partial charge in [0.25, 0.3) is 0 Å². The number of aliphatic imine (C=N–C) groups is 1. The van der Waals surface area contributed by atoms with Crippen LogP contribution in [0.5, 0.6) is 0 Å². The van der Waals surface area contributed by atoms with Crippen LogP contribution in [0, 0.1) is 0 Å². The highest BCUT2D eigenvalue weighted by atomic mass is 32.1. The van der Waals surface area contributed by atoms with Crippen LogP contribution in [0.1, 0.15) is 24.5 Å². The van der Waals surface area contributed by atoms with Gasteiger partial charge in [0.1, 0.15) is 0 Å². The van der Waals surface area contributed by atoms with Crippen LogP contribution >= 0.6 is 11.3 Å². The zero-order valence-corrected chi connectivity index (χ0v) is 29.6. The van der Waals surface area contributed by atoms with Crippen LogP contribution < -0.4 is 0 Å². The van der Waals surface area contributed by atoms with Crippen LogP contribution in [0.25, 0.3) is 75.6 Å². The quantitative estimate of drug-likeness (QED) is 0.172. The molecule has 2 aromatic heterocycles. The van der Waals surface area contributed by atoms with E-state index in [0.717, 1.165) is 34.6 Å². The van der Waals surface area contributed by atoms with Gasteiger partial charge in [0.05, 0.1) is 22.4 Å². The number of hydrogen-bond acceptors (Lipinski definition) is 2. The Kier molecular flexibility index (Phi) is 7.33. The van der Waals surface area contributed by atoms with Crippen molar-refractivity contribution < 1.29 is 0 Å². The summed E-state index contributed by atoms with van der Waals surface area (Å²) in [5, 5.41) is 5.16. The van der Waals surface area contributed by atoms with Gasteiger partial charge in [-0.05, 0) is 77.2 Å². The number of fused-ring (bicyclic) bond motifs is 6. The summed E-state index contributed by atoms with van der Waals surface area (Å²) in [6, 6.07) is 59.4. The fraction of sp³-hybridized carbons (Fsp3) is 0.0408. The maximum absolute atomic E-state index is 5.32. The van der Waals surface area contributed by atoms with E-state index in [0.29, 0.717) is 0 Å². The van der Waals surface area contributed by atoms with Crippen molar-refractivity contribution in [3.63, 3.8) is 0 Å². The van der Waals surface area contributed by atoms with Gasteiger partial charge >= 0.3 is 0 Å². The first-order valence-corrected chi connectivity index (χ1v) is 18.7. The highest BCUT2D eigenvalue weighted by molar-refractivity contribution is 7.26. The number of hydrogen-bond donors (Lipinski definition) is 0. The second kappa shape index (κ2) is 12.5. The number of thiophene rings is 1. The molecule has 3 heterocycles. The van der Waals surface area contributed by atoms with Crippen LogP contribution in [-0.4, -0.2) is 10.3 Å². The Morgan fingerprint density at radius 3 is 2.06 bits per heavy atom. The SMILES string of the molecule is CC1=CC=C(c2ccc(-c3ccccc3)cc2)N=C(c2cccc(-n3c4ccccc4c4cc(-c5cccc6c5sc5ccccc56)ccc43)c2)C1. The summed E-state index contributed by atoms with van der Waals surface area (Å²) in [7, 11) is 0. The number of para-hydroxylation sites is 1. The molecule has 0 radical (unpaired) electrons. The molecule has 0 N–H and O–H groups in total. The Balaban J connectivity index is 1.06. The Bertz CT molecular complexity index is 2920. The molecule has 0 amide bonds. The van der Waals surface area contributed by atoms with Crippen molar-refractivity contribution in [1.29, 1.82) is 0 Å². The lowest BCUT2D eigenvalue weighted by molar-refractivity contribution is 1.17. The van der Waals surface area contributed by atoms with E-state index in [-0.39, 0.29) is 0 Å². The Morgan fingerprint density at radius 1 is 0.500 bits per heavy atom. The highest BCUT2D eigenvalue weighted by Gasteiger charge is 2.17. The smallest absolute Gasteiger partial charge is 0.0705 e. The lowest BCUT2D eigenvalue weighted by atomic mass is 10.0. The molecular weight excluding hydrogens is 649 g/mol. The fourth-order valence-electron chi connectivity index (χ4n) is 7.78. The minimum atomic E-state index is 0.797. The molecule has 7 aromatic carbocycles. The summed E-state index contributed by atoms with van der Waals surface area (Å²) in [5.74, 6) is 0. The summed E-state index contributed by atoms with van der Waals surface area (Å²) in [6.07, 6.45) is 5.17. The zero-order chi connectivity index (χ0) is 34.6. The van der Waals surface area contributed by atoms with Gasteiger partial charge in [-0.25, -0.2) is 0 Å². The molecule has 3 heteroatoms. The van der Waals surface area contributed by atoms with E-state index >= 15 is 0 Å². The predicted molar refractivity (Wildman–Crippen MR) is 224 cm³/mol. The Hall–Kier alpha value is -6.29. The average molecular weight is 683 g/mol. The van der Waals surface area contributed by atoms with Gasteiger partial charge in [0.15, 0.2) is 0 Å². The maximum atomic E-state index is 5.32. The van der Waals surface area contributed by atoms with Gasteiger partial charge in [-0.2, -0.15) is 0 Å². The predicted octanol–water partition coefficient (Wildman–Crippen LogP) is 13.7. The van der Waals surface area contributed by atoms with Gasteiger partial charge in [-0.15, -0.1) is 11.3 Å². The molecule has 246 valence electrons. The summed E-state index contributed by atoms with van der Waals surface area (Å²) >= 11 is 1.88. The van der Waals surface area contributed by atoms with E-state index in [4.69, 9.17) is 4.99 Å². The topological polar surface area (TPSA) is 17.3 Å². The summed E-state index contributed by atoms with van der Waals surface area (Å²) < 4.78 is 5.08. The molecular formula is C49H34N2S. The molecule has 1 aliphatic heterocycles. The van der Waals surface area contributed by atoms with Crippen molar-refractivity contribution >= 4 is 64.7 Å². The first-order valence-electron chi connectivity index (χ1n) is 17.8. The molecule has 1 aliphatic rings. The largest absolute Gasteiger partial charge is 0.309 e. The molecule has 52 heavy (non-hydrogen) atoms. The fourth-order valence-corrected chi connectivity index (χ4v) is 9.01. The molecule has 0 bridgehead atoms. The van der Waals surface area contributed by atoms with Crippen molar-refractivity contribution in [3.8, 4) is 27.9 Å². The van der Waals surface area contributed by atoms with E-state index in [2.05, 4.69) is 187 Å². The molecule has 0 atom stereocenters. The molecule has 0 aliphatic carbocycles. The normalized spacial score (nSPS) is 13.4. The third kappa shape index (κ3) is 5.21. The van der Waals surface area contributed by atoms with Crippen molar-refractivity contribution in [2.24, 2.45) is 4.99 Å². The minimum absolute atomic E-state index is 0.797. The van der Waals surface area contributed by atoms with Gasteiger partial charge in [-0.1, -0.05) is 139 Å². The Labute approximate surface area is 307 Å². The molecule has 0 fully saturated rings. The van der Waals surface area contributed by atoms with Gasteiger partial charge in [0, 0.05) is 48.6 Å². The van der Waals surface area contributed by atoms with Crippen molar-refractivity contribution in [2.75, 3.05) is 0 Å². The second-order valence-electron chi connectivity index (χ2n) is 13.7. The third-order valence-electron chi connectivity index (χ3n) is 10.3. The molecule has 0 spiro atoms. The van der Waals surface area contributed by atoms with Crippen LogP contribution in [0.15, 0.2) is 187 Å². The second-order valence-corrected chi connectivity index (χ2v) is 14.7. The minimum Gasteiger partial charge on any atom is -0.309 e. The lowest BCUT2D eigenvalue weighted by Gasteiger charge is -2.13. The molecule has 9 aromatic rings. The van der Waals surface area contributed by atoms with E-state index in [1.165, 1.54) is 69.8 Å². The summed E-state index contributed by atoms with van der Waals surface area (Å²) in [5.41, 5.74) is 14.1. The van der Waals surface area contributed by atoms with E-state index in [9.17, 15) is 0 Å². The van der Waals surface area contributed by atoms with Crippen LogP contribution in [0.2, 0.25) is 0 Å². The maximum Gasteiger partial charge on any atom is 0.0705 e. The van der Waals surface area contributed by atoms with Crippen LogP contribution in [0.4, 0.5) is 0 Å². The molecule has 0 unspecified atom stereocenters. The summed E-state index contributed by atoms with van der Waals surface area (Å²) in [4.78, 5) is 5.32. The number of benzene rings is 7. The summed E-state index contributed by atoms with van der Waals surface area (Å²) in [6.45, 7) is 2.20. The van der Waals surface area contributed by atoms with Crippen LogP contribution in [-0.2, 0) is 0 Å². The van der Waals surface area contributed by atoms with Crippen molar-refractivity contribution in [1.82, 2.24) is 4.57 Å². The van der Waals surface area contributed by atoms with Crippen molar-refractivity contribution in [2.45, 2.75) is 13.3 Å². The van der Waals surface area contributed by atoms with Crippen molar-refractivity contribution in [3.05, 3.63) is 193 Å². The van der Waals surface area contributed by atoms with Crippen LogP contribution in [0.3, 0.4) is 0 Å². The molecule has 0 saturated heterocycles. The standard InChI is InChI=1S/C49H34N2S/c1-32-21-27-44(35-24-22-34(23-25-35)33-11-3-2-4-12-33)50-45(29-32)37-13-9-14-38(30-37)51-46-19-7-5-15-40(46)43-31-36(26-28-47(43)51)39-17-10-18-42-41-16-6-8-20-48(41)52-49(39)42/h2-28,30-31H,29H2,1H3. The van der Waals surface area contributed by atoms with E-state index in [1.807, 2.05) is 11.3 Å². The van der Waals surface area contributed by atoms with E-state index in [1.54, 1.807) is 0 Å². The van der Waals surface area contributed by atoms with Gasteiger partial charge in [0.2, 0.25) is 0 Å². The monoisotopic (exact) mass is 682 g/mol. The molecule has 10 rings (SSSR count). The zero-order valence-electron chi connectivity index (χ0n) is 28.8. The highest BCUT2D eigenvalue weighted by Crippen LogP contribution is 2.42. The molecule has 0 saturated carbocycles. The number of aromatic nitrogens is 1.